The first kappa shape index (κ1) is 18.2. The number of amides is 2. The molecule has 1 aliphatic carbocycles. The molecule has 0 unspecified atom stereocenters. The predicted octanol–water partition coefficient (Wildman–Crippen LogP) is 0.958. The van der Waals surface area contributed by atoms with E-state index >= 15 is 0 Å². The lowest BCUT2D eigenvalue weighted by molar-refractivity contribution is -0.123. The SMILES string of the molecule is C[C@@H](N)C(=O)NCCNC(=O)CC1CCCCC1.Cl. The molecule has 0 heterocycles. The third-order valence-corrected chi connectivity index (χ3v) is 3.36. The molecule has 1 saturated carbocycles. The molecule has 5 nitrogen and oxygen atoms in total. The number of hydrogen-bond acceptors (Lipinski definition) is 3. The van der Waals surface area contributed by atoms with Crippen molar-refractivity contribution < 1.29 is 9.59 Å². The van der Waals surface area contributed by atoms with E-state index in [0.717, 1.165) is 0 Å². The number of hydrogen-bond donors (Lipinski definition) is 3. The number of halogens is 1. The number of carbonyl (C=O) groups is 2. The molecule has 0 aromatic rings. The van der Waals surface area contributed by atoms with Gasteiger partial charge in [0.1, 0.15) is 0 Å². The van der Waals surface area contributed by atoms with Crippen LogP contribution in [0.15, 0.2) is 0 Å². The van der Waals surface area contributed by atoms with Crippen molar-refractivity contribution in [3.05, 3.63) is 0 Å². The number of nitrogens with two attached hydrogens (primary N) is 1. The molecule has 0 aromatic carbocycles. The Hall–Kier alpha value is -0.810. The topological polar surface area (TPSA) is 84.2 Å². The van der Waals surface area contributed by atoms with Gasteiger partial charge in [-0.05, 0) is 25.7 Å². The minimum Gasteiger partial charge on any atom is -0.354 e. The third-order valence-electron chi connectivity index (χ3n) is 3.36. The fourth-order valence-electron chi connectivity index (χ4n) is 2.27. The Labute approximate surface area is 121 Å². The minimum atomic E-state index is -0.497. The summed E-state index contributed by atoms with van der Waals surface area (Å²) in [7, 11) is 0. The summed E-state index contributed by atoms with van der Waals surface area (Å²) in [6, 6.07) is -0.497. The van der Waals surface area contributed by atoms with Crippen molar-refractivity contribution >= 4 is 24.2 Å². The molecule has 1 aliphatic rings. The molecule has 0 saturated heterocycles. The average Bonchev–Trinajstić information content (AvgIpc) is 2.35. The summed E-state index contributed by atoms with van der Waals surface area (Å²) < 4.78 is 0. The van der Waals surface area contributed by atoms with Gasteiger partial charge in [0.2, 0.25) is 11.8 Å². The lowest BCUT2D eigenvalue weighted by Crippen LogP contribution is -2.42. The van der Waals surface area contributed by atoms with Crippen molar-refractivity contribution in [1.29, 1.82) is 0 Å². The van der Waals surface area contributed by atoms with Crippen molar-refractivity contribution in [1.82, 2.24) is 10.6 Å². The van der Waals surface area contributed by atoms with Gasteiger partial charge in [-0.2, -0.15) is 0 Å². The van der Waals surface area contributed by atoms with Gasteiger partial charge >= 0.3 is 0 Å². The Balaban J connectivity index is 0.00000324. The fourth-order valence-corrected chi connectivity index (χ4v) is 2.27. The molecule has 0 aromatic heterocycles. The summed E-state index contributed by atoms with van der Waals surface area (Å²) in [6.07, 6.45) is 6.79. The second-order valence-electron chi connectivity index (χ2n) is 5.14. The minimum absolute atomic E-state index is 0. The van der Waals surface area contributed by atoms with Crippen LogP contribution >= 0.6 is 12.4 Å². The van der Waals surface area contributed by atoms with Crippen molar-refractivity contribution in [3.63, 3.8) is 0 Å². The van der Waals surface area contributed by atoms with Crippen LogP contribution in [0.1, 0.15) is 45.4 Å². The molecule has 1 atom stereocenters. The number of nitrogens with one attached hydrogen (secondary N) is 2. The van der Waals surface area contributed by atoms with E-state index in [1.807, 2.05) is 0 Å². The van der Waals surface area contributed by atoms with Gasteiger partial charge in [-0.25, -0.2) is 0 Å². The van der Waals surface area contributed by atoms with E-state index in [9.17, 15) is 9.59 Å². The molecule has 0 aliphatic heterocycles. The molecule has 0 radical (unpaired) electrons. The smallest absolute Gasteiger partial charge is 0.236 e. The van der Waals surface area contributed by atoms with Crippen molar-refractivity contribution in [2.24, 2.45) is 11.7 Å². The molecule has 4 N–H and O–H groups in total. The van der Waals surface area contributed by atoms with Crippen LogP contribution in [0.5, 0.6) is 0 Å². The highest BCUT2D eigenvalue weighted by atomic mass is 35.5. The zero-order valence-corrected chi connectivity index (χ0v) is 12.4. The van der Waals surface area contributed by atoms with Crippen molar-refractivity contribution in [3.8, 4) is 0 Å². The molecule has 1 fully saturated rings. The molecule has 2 amide bonds. The van der Waals surface area contributed by atoms with Crippen LogP contribution in [0, 0.1) is 5.92 Å². The second-order valence-corrected chi connectivity index (χ2v) is 5.14. The molecule has 112 valence electrons. The molecule has 6 heteroatoms. The van der Waals surface area contributed by atoms with E-state index in [2.05, 4.69) is 10.6 Å². The fraction of sp³-hybridized carbons (Fsp3) is 0.846. The van der Waals surface area contributed by atoms with Crippen LogP contribution in [-0.4, -0.2) is 30.9 Å². The summed E-state index contributed by atoms with van der Waals surface area (Å²) in [5.74, 6) is 0.464. The van der Waals surface area contributed by atoms with E-state index in [-0.39, 0.29) is 24.2 Å². The highest BCUT2D eigenvalue weighted by molar-refractivity contribution is 5.85. The van der Waals surface area contributed by atoms with Gasteiger partial charge in [0, 0.05) is 19.5 Å². The van der Waals surface area contributed by atoms with Crippen LogP contribution < -0.4 is 16.4 Å². The van der Waals surface area contributed by atoms with Gasteiger partial charge in [-0.15, -0.1) is 12.4 Å². The molecular weight excluding hydrogens is 266 g/mol. The zero-order valence-electron chi connectivity index (χ0n) is 11.6. The predicted molar refractivity (Wildman–Crippen MR) is 78.1 cm³/mol. The maximum Gasteiger partial charge on any atom is 0.236 e. The number of carbonyl (C=O) groups excluding carboxylic acids is 2. The van der Waals surface area contributed by atoms with E-state index < -0.39 is 6.04 Å². The summed E-state index contributed by atoms with van der Waals surface area (Å²) >= 11 is 0. The monoisotopic (exact) mass is 291 g/mol. The van der Waals surface area contributed by atoms with Gasteiger partial charge in [-0.3, -0.25) is 9.59 Å². The summed E-state index contributed by atoms with van der Waals surface area (Å²) in [5.41, 5.74) is 5.40. The van der Waals surface area contributed by atoms with E-state index in [4.69, 9.17) is 5.73 Å². The lowest BCUT2D eigenvalue weighted by Gasteiger charge is -2.20. The zero-order chi connectivity index (χ0) is 13.4. The summed E-state index contributed by atoms with van der Waals surface area (Å²) in [6.45, 7) is 2.55. The summed E-state index contributed by atoms with van der Waals surface area (Å²) in [5, 5.41) is 5.49. The van der Waals surface area contributed by atoms with Crippen molar-refractivity contribution in [2.45, 2.75) is 51.5 Å². The van der Waals surface area contributed by atoms with Gasteiger partial charge in [0.25, 0.3) is 0 Å². The van der Waals surface area contributed by atoms with E-state index in [1.165, 1.54) is 32.1 Å². The quantitative estimate of drug-likeness (QED) is 0.637. The van der Waals surface area contributed by atoms with E-state index in [0.29, 0.717) is 25.4 Å². The van der Waals surface area contributed by atoms with Gasteiger partial charge in [0.15, 0.2) is 0 Å². The normalized spacial score (nSPS) is 17.2. The number of rotatable bonds is 6. The van der Waals surface area contributed by atoms with Gasteiger partial charge < -0.3 is 16.4 Å². The highest BCUT2D eigenvalue weighted by Gasteiger charge is 2.16. The third kappa shape index (κ3) is 8.06. The Bertz CT molecular complexity index is 279. The Morgan fingerprint density at radius 1 is 1.16 bits per heavy atom. The highest BCUT2D eigenvalue weighted by Crippen LogP contribution is 2.25. The Kier molecular flexibility index (Phi) is 9.61. The molecular formula is C13H26ClN3O2. The molecule has 0 spiro atoms. The summed E-state index contributed by atoms with van der Waals surface area (Å²) in [4.78, 5) is 22.8. The lowest BCUT2D eigenvalue weighted by atomic mass is 9.87. The first-order valence-electron chi connectivity index (χ1n) is 6.89. The van der Waals surface area contributed by atoms with Crippen molar-refractivity contribution in [2.75, 3.05) is 13.1 Å². The van der Waals surface area contributed by atoms with Gasteiger partial charge in [-0.1, -0.05) is 19.3 Å². The maximum absolute atomic E-state index is 11.6. The standard InChI is InChI=1S/C13H25N3O2.ClH/c1-10(14)13(18)16-8-7-15-12(17)9-11-5-3-2-4-6-11;/h10-11H,2-9,14H2,1H3,(H,15,17)(H,16,18);1H/t10-;/m1./s1. The molecule has 19 heavy (non-hydrogen) atoms. The average molecular weight is 292 g/mol. The first-order valence-corrected chi connectivity index (χ1v) is 6.89. The first-order chi connectivity index (χ1) is 8.59. The Morgan fingerprint density at radius 2 is 1.74 bits per heavy atom. The van der Waals surface area contributed by atoms with Crippen LogP contribution in [0.25, 0.3) is 0 Å². The Morgan fingerprint density at radius 3 is 2.32 bits per heavy atom. The van der Waals surface area contributed by atoms with Crippen LogP contribution in [-0.2, 0) is 9.59 Å². The van der Waals surface area contributed by atoms with Crippen LogP contribution in [0.2, 0.25) is 0 Å². The van der Waals surface area contributed by atoms with Crippen LogP contribution in [0.3, 0.4) is 0 Å². The second kappa shape index (κ2) is 10.0. The van der Waals surface area contributed by atoms with Gasteiger partial charge in [0.05, 0.1) is 6.04 Å². The van der Waals surface area contributed by atoms with Crippen LogP contribution in [0.4, 0.5) is 0 Å². The van der Waals surface area contributed by atoms with E-state index in [1.54, 1.807) is 6.92 Å². The molecule has 0 bridgehead atoms. The largest absolute Gasteiger partial charge is 0.354 e. The maximum atomic E-state index is 11.6. The molecule has 1 rings (SSSR count).